The van der Waals surface area contributed by atoms with Crippen molar-refractivity contribution in [1.82, 2.24) is 9.80 Å². The molecule has 4 nitrogen and oxygen atoms in total. The molecule has 0 aromatic heterocycles. The first kappa shape index (κ1) is 34.8. The van der Waals surface area contributed by atoms with Crippen molar-refractivity contribution in [2.75, 3.05) is 56.0 Å². The SMILES string of the molecule is C=C(/C=C\Nc1ccc(C)c(F)c1)C(/C=C\C(=C)N1CCC(CCN2CCN(c3ccc(C(=C)C)c(C(=C)C)c3)CC2)CC1)=C/C. The van der Waals surface area contributed by atoms with E-state index in [0.717, 1.165) is 73.2 Å². The number of piperidine rings is 1. The number of benzene rings is 2. The van der Waals surface area contributed by atoms with Crippen LogP contribution in [0.15, 0.2) is 110 Å². The summed E-state index contributed by atoms with van der Waals surface area (Å²) in [4.78, 5) is 7.56. The summed E-state index contributed by atoms with van der Waals surface area (Å²) in [5.74, 6) is 0.551. The van der Waals surface area contributed by atoms with E-state index in [1.165, 1.54) is 48.7 Å². The molecule has 2 aliphatic heterocycles. The Hall–Kier alpha value is -4.09. The lowest BCUT2D eigenvalue weighted by Gasteiger charge is -2.38. The fourth-order valence-corrected chi connectivity index (χ4v) is 6.26. The maximum atomic E-state index is 13.8. The second-order valence-corrected chi connectivity index (χ2v) is 12.9. The number of anilines is 2. The van der Waals surface area contributed by atoms with E-state index in [4.69, 9.17) is 0 Å². The summed E-state index contributed by atoms with van der Waals surface area (Å²) in [5, 5.41) is 3.12. The molecule has 0 atom stereocenters. The molecule has 4 rings (SSSR count). The smallest absolute Gasteiger partial charge is 0.128 e. The van der Waals surface area contributed by atoms with Crippen molar-refractivity contribution in [1.29, 1.82) is 0 Å². The first-order chi connectivity index (χ1) is 22.0. The number of hydrogen-bond acceptors (Lipinski definition) is 4. The molecule has 0 aliphatic carbocycles. The van der Waals surface area contributed by atoms with Gasteiger partial charge in [0.1, 0.15) is 5.82 Å². The largest absolute Gasteiger partial charge is 0.372 e. The highest BCUT2D eigenvalue weighted by Gasteiger charge is 2.22. The molecule has 1 N–H and O–H groups in total. The summed E-state index contributed by atoms with van der Waals surface area (Å²) in [6.07, 6.45) is 13.6. The Labute approximate surface area is 277 Å². The number of nitrogens with zero attached hydrogens (tertiary/aromatic N) is 3. The van der Waals surface area contributed by atoms with Gasteiger partial charge in [-0.15, -0.1) is 0 Å². The number of allylic oxidation sites excluding steroid dienone is 8. The summed E-state index contributed by atoms with van der Waals surface area (Å²) >= 11 is 0. The van der Waals surface area contributed by atoms with E-state index in [1.54, 1.807) is 19.2 Å². The predicted octanol–water partition coefficient (Wildman–Crippen LogP) is 9.62. The second kappa shape index (κ2) is 16.5. The lowest BCUT2D eigenvalue weighted by atomic mass is 9.93. The molecule has 2 fully saturated rings. The molecular weight excluding hydrogens is 567 g/mol. The van der Waals surface area contributed by atoms with Crippen LogP contribution in [-0.2, 0) is 0 Å². The van der Waals surface area contributed by atoms with Gasteiger partial charge in [-0.25, -0.2) is 4.39 Å². The Balaban J connectivity index is 1.17. The third-order valence-electron chi connectivity index (χ3n) is 9.38. The van der Waals surface area contributed by atoms with E-state index in [0.29, 0.717) is 11.3 Å². The number of likely N-dealkylation sites (tertiary alicyclic amines) is 1. The summed E-state index contributed by atoms with van der Waals surface area (Å²) in [7, 11) is 0. The molecule has 2 aliphatic rings. The molecule has 2 aromatic rings. The molecule has 0 saturated carbocycles. The molecule has 0 amide bonds. The van der Waals surface area contributed by atoms with Crippen LogP contribution in [0.5, 0.6) is 0 Å². The Kier molecular flexibility index (Phi) is 12.4. The van der Waals surface area contributed by atoms with Crippen LogP contribution in [-0.4, -0.2) is 55.6 Å². The summed E-state index contributed by atoms with van der Waals surface area (Å²) in [6, 6.07) is 11.9. The van der Waals surface area contributed by atoms with Gasteiger partial charge in [0.2, 0.25) is 0 Å². The van der Waals surface area contributed by atoms with Gasteiger partial charge >= 0.3 is 0 Å². The number of hydrogen-bond donors (Lipinski definition) is 1. The fraction of sp³-hybridized carbons (Fsp3) is 0.366. The molecule has 2 aromatic carbocycles. The average molecular weight is 621 g/mol. The van der Waals surface area contributed by atoms with Crippen LogP contribution >= 0.6 is 0 Å². The van der Waals surface area contributed by atoms with Crippen LogP contribution in [0.25, 0.3) is 11.1 Å². The third kappa shape index (κ3) is 9.46. The van der Waals surface area contributed by atoms with Crippen LogP contribution in [0.1, 0.15) is 56.7 Å². The zero-order valence-electron chi connectivity index (χ0n) is 28.5. The molecule has 0 unspecified atom stereocenters. The molecule has 0 spiro atoms. The highest BCUT2D eigenvalue weighted by molar-refractivity contribution is 5.79. The topological polar surface area (TPSA) is 21.8 Å². The minimum Gasteiger partial charge on any atom is -0.372 e. The highest BCUT2D eigenvalue weighted by Crippen LogP contribution is 2.29. The number of aryl methyl sites for hydroxylation is 1. The van der Waals surface area contributed by atoms with Crippen molar-refractivity contribution in [3.05, 3.63) is 133 Å². The van der Waals surface area contributed by atoms with Crippen molar-refractivity contribution >= 4 is 22.5 Å². The quantitative estimate of drug-likeness (QED) is 0.225. The summed E-state index contributed by atoms with van der Waals surface area (Å²) < 4.78 is 13.8. The van der Waals surface area contributed by atoms with Gasteiger partial charge in [-0.1, -0.05) is 61.7 Å². The lowest BCUT2D eigenvalue weighted by Crippen LogP contribution is -2.47. The maximum absolute atomic E-state index is 13.8. The molecule has 0 radical (unpaired) electrons. The van der Waals surface area contributed by atoms with Crippen molar-refractivity contribution in [3.63, 3.8) is 0 Å². The molecule has 2 heterocycles. The molecule has 2 saturated heterocycles. The van der Waals surface area contributed by atoms with Crippen molar-refractivity contribution in [2.24, 2.45) is 5.92 Å². The van der Waals surface area contributed by atoms with Gasteiger partial charge in [0.25, 0.3) is 0 Å². The third-order valence-corrected chi connectivity index (χ3v) is 9.38. The van der Waals surface area contributed by atoms with Crippen LogP contribution in [0.4, 0.5) is 15.8 Å². The van der Waals surface area contributed by atoms with Crippen LogP contribution < -0.4 is 10.2 Å². The summed E-state index contributed by atoms with van der Waals surface area (Å²) in [5.41, 5.74) is 10.2. The fourth-order valence-electron chi connectivity index (χ4n) is 6.26. The molecule has 244 valence electrons. The van der Waals surface area contributed by atoms with Crippen molar-refractivity contribution in [2.45, 2.75) is 47.0 Å². The van der Waals surface area contributed by atoms with Gasteiger partial charge in [0, 0.05) is 62.5 Å². The Morgan fingerprint density at radius 2 is 1.57 bits per heavy atom. The number of rotatable bonds is 13. The minimum atomic E-state index is -0.217. The van der Waals surface area contributed by atoms with Gasteiger partial charge in [-0.3, -0.25) is 4.90 Å². The Bertz CT molecular complexity index is 1510. The minimum absolute atomic E-state index is 0.217. The maximum Gasteiger partial charge on any atom is 0.128 e. The van der Waals surface area contributed by atoms with Gasteiger partial charge in [-0.2, -0.15) is 0 Å². The lowest BCUT2D eigenvalue weighted by molar-refractivity contribution is 0.189. The molecule has 5 heteroatoms. The predicted molar refractivity (Wildman–Crippen MR) is 199 cm³/mol. The summed E-state index contributed by atoms with van der Waals surface area (Å²) in [6.45, 7) is 32.5. The first-order valence-electron chi connectivity index (χ1n) is 16.7. The van der Waals surface area contributed by atoms with Crippen molar-refractivity contribution < 1.29 is 4.39 Å². The second-order valence-electron chi connectivity index (χ2n) is 12.9. The average Bonchev–Trinajstić information content (AvgIpc) is 3.05. The van der Waals surface area contributed by atoms with E-state index in [-0.39, 0.29) is 5.82 Å². The van der Waals surface area contributed by atoms with Gasteiger partial charge in [-0.05, 0) is 124 Å². The Morgan fingerprint density at radius 1 is 0.870 bits per heavy atom. The number of piperazine rings is 1. The monoisotopic (exact) mass is 620 g/mol. The van der Waals surface area contributed by atoms with Crippen LogP contribution in [0.2, 0.25) is 0 Å². The van der Waals surface area contributed by atoms with Crippen LogP contribution in [0.3, 0.4) is 0 Å². The first-order valence-corrected chi connectivity index (χ1v) is 16.7. The molecular formula is C41H53FN4. The number of halogens is 1. The van der Waals surface area contributed by atoms with E-state index in [2.05, 4.69) is 90.5 Å². The van der Waals surface area contributed by atoms with Gasteiger partial charge < -0.3 is 15.1 Å². The molecule has 0 bridgehead atoms. The van der Waals surface area contributed by atoms with Crippen LogP contribution in [0, 0.1) is 18.7 Å². The normalized spacial score (nSPS) is 16.8. The van der Waals surface area contributed by atoms with E-state index >= 15 is 0 Å². The van der Waals surface area contributed by atoms with E-state index in [9.17, 15) is 4.39 Å². The van der Waals surface area contributed by atoms with E-state index in [1.807, 2.05) is 25.1 Å². The number of nitrogens with one attached hydrogen (secondary N) is 1. The highest BCUT2D eigenvalue weighted by atomic mass is 19.1. The van der Waals surface area contributed by atoms with Gasteiger partial charge in [0.05, 0.1) is 0 Å². The van der Waals surface area contributed by atoms with Gasteiger partial charge in [0.15, 0.2) is 0 Å². The zero-order valence-corrected chi connectivity index (χ0v) is 28.5. The molecule has 46 heavy (non-hydrogen) atoms. The standard InChI is InChI=1S/C41H53FN4/c1-9-36(32(6)16-20-43-37-13-10-33(7)41(42)28-37)12-11-34(8)45-22-18-35(19-23-45)17-21-44-24-26-46(27-25-44)38-14-15-39(30(2)3)40(29-38)31(4)5/h9-16,20,28-29,35,43H,2,4,6,8,17-19,21-27H2,1,3,5,7H3/b12-11-,20-16-,36-9+. The van der Waals surface area contributed by atoms with Crippen molar-refractivity contribution in [3.8, 4) is 0 Å². The Morgan fingerprint density at radius 3 is 2.20 bits per heavy atom. The zero-order chi connectivity index (χ0) is 33.2. The van der Waals surface area contributed by atoms with E-state index < -0.39 is 0 Å².